The number of nitriles is 1. The summed E-state index contributed by atoms with van der Waals surface area (Å²) in [5.41, 5.74) is 7.71. The Morgan fingerprint density at radius 1 is 1.38 bits per heavy atom. The zero-order chi connectivity index (χ0) is 11.4. The number of rotatable bonds is 2. The third-order valence-electron chi connectivity index (χ3n) is 2.12. The molecule has 0 saturated heterocycles. The van der Waals surface area contributed by atoms with Gasteiger partial charge in [0, 0.05) is 22.8 Å². The standard InChI is InChI=1S/C12H9N3S/c13-7-10(11-4-2-6-16-11)12(14)9-3-1-5-15-8-9/h1-6,8H,14H2/b12-10-. The number of thiophene rings is 1. The second-order valence-electron chi connectivity index (χ2n) is 3.12. The number of aromatic nitrogens is 1. The van der Waals surface area contributed by atoms with Crippen molar-refractivity contribution in [3.05, 3.63) is 52.5 Å². The minimum atomic E-state index is 0.470. The van der Waals surface area contributed by atoms with Crippen LogP contribution in [0.25, 0.3) is 11.3 Å². The average Bonchev–Trinajstić information content (AvgIpc) is 2.85. The van der Waals surface area contributed by atoms with Crippen LogP contribution in [0.4, 0.5) is 0 Å². The van der Waals surface area contributed by atoms with Crippen molar-refractivity contribution in [3.63, 3.8) is 0 Å². The largest absolute Gasteiger partial charge is 0.397 e. The number of hydrogen-bond donors (Lipinski definition) is 1. The van der Waals surface area contributed by atoms with E-state index in [1.54, 1.807) is 18.5 Å². The molecule has 78 valence electrons. The summed E-state index contributed by atoms with van der Waals surface area (Å²) >= 11 is 1.50. The van der Waals surface area contributed by atoms with Crippen LogP contribution in [0.1, 0.15) is 10.4 Å². The molecule has 2 aromatic heterocycles. The molecule has 0 spiro atoms. The molecule has 2 aromatic rings. The third kappa shape index (κ3) is 1.95. The van der Waals surface area contributed by atoms with E-state index in [4.69, 9.17) is 11.0 Å². The minimum absolute atomic E-state index is 0.470. The van der Waals surface area contributed by atoms with E-state index in [-0.39, 0.29) is 0 Å². The topological polar surface area (TPSA) is 62.7 Å². The molecule has 0 aromatic carbocycles. The van der Waals surface area contributed by atoms with Crippen LogP contribution in [-0.2, 0) is 0 Å². The molecule has 0 radical (unpaired) electrons. The van der Waals surface area contributed by atoms with E-state index in [1.165, 1.54) is 11.3 Å². The summed E-state index contributed by atoms with van der Waals surface area (Å²) in [5.74, 6) is 0. The van der Waals surface area contributed by atoms with Gasteiger partial charge in [0.25, 0.3) is 0 Å². The molecule has 2 heterocycles. The lowest BCUT2D eigenvalue weighted by molar-refractivity contribution is 1.30. The molecule has 3 nitrogen and oxygen atoms in total. The Balaban J connectivity index is 2.52. The van der Waals surface area contributed by atoms with Crippen LogP contribution in [0.15, 0.2) is 42.0 Å². The van der Waals surface area contributed by atoms with Crippen LogP contribution < -0.4 is 5.73 Å². The maximum absolute atomic E-state index is 9.13. The molecule has 0 saturated carbocycles. The Hall–Kier alpha value is -2.12. The fraction of sp³-hybridized carbons (Fsp3) is 0. The van der Waals surface area contributed by atoms with Gasteiger partial charge in [0.2, 0.25) is 0 Å². The van der Waals surface area contributed by atoms with Gasteiger partial charge in [-0.3, -0.25) is 4.98 Å². The van der Waals surface area contributed by atoms with Gasteiger partial charge in [-0.2, -0.15) is 5.26 Å². The number of pyridine rings is 1. The summed E-state index contributed by atoms with van der Waals surface area (Å²) in [7, 11) is 0. The average molecular weight is 227 g/mol. The molecular weight excluding hydrogens is 218 g/mol. The molecule has 0 unspecified atom stereocenters. The quantitative estimate of drug-likeness (QED) is 0.802. The predicted octanol–water partition coefficient (Wildman–Crippen LogP) is 2.49. The van der Waals surface area contributed by atoms with E-state index in [0.29, 0.717) is 11.3 Å². The van der Waals surface area contributed by atoms with Gasteiger partial charge >= 0.3 is 0 Å². The normalized spacial score (nSPS) is 11.7. The van der Waals surface area contributed by atoms with Crippen LogP contribution in [0, 0.1) is 11.3 Å². The highest BCUT2D eigenvalue weighted by Gasteiger charge is 2.08. The van der Waals surface area contributed by atoms with E-state index in [2.05, 4.69) is 11.1 Å². The summed E-state index contributed by atoms with van der Waals surface area (Å²) in [6.07, 6.45) is 3.33. The van der Waals surface area contributed by atoms with Crippen LogP contribution in [-0.4, -0.2) is 4.98 Å². The fourth-order valence-corrected chi connectivity index (χ4v) is 2.07. The Kier molecular flexibility index (Phi) is 2.99. The van der Waals surface area contributed by atoms with Gasteiger partial charge in [-0.15, -0.1) is 11.3 Å². The molecule has 2 rings (SSSR count). The molecule has 16 heavy (non-hydrogen) atoms. The van der Waals surface area contributed by atoms with Crippen molar-refractivity contribution in [2.45, 2.75) is 0 Å². The van der Waals surface area contributed by atoms with Gasteiger partial charge in [-0.05, 0) is 23.6 Å². The first kappa shape index (κ1) is 10.4. The maximum atomic E-state index is 9.13. The molecule has 0 bridgehead atoms. The monoisotopic (exact) mass is 227 g/mol. The van der Waals surface area contributed by atoms with E-state index in [1.807, 2.05) is 23.6 Å². The van der Waals surface area contributed by atoms with Gasteiger partial charge in [-0.1, -0.05) is 6.07 Å². The van der Waals surface area contributed by atoms with Crippen molar-refractivity contribution >= 4 is 22.6 Å². The Labute approximate surface area is 97.5 Å². The lowest BCUT2D eigenvalue weighted by Crippen LogP contribution is -2.00. The first-order chi connectivity index (χ1) is 7.83. The van der Waals surface area contributed by atoms with Crippen LogP contribution in [0.5, 0.6) is 0 Å². The van der Waals surface area contributed by atoms with E-state index in [9.17, 15) is 0 Å². The van der Waals surface area contributed by atoms with Crippen molar-refractivity contribution in [2.75, 3.05) is 0 Å². The lowest BCUT2D eigenvalue weighted by atomic mass is 10.1. The van der Waals surface area contributed by atoms with Crippen LogP contribution in [0.3, 0.4) is 0 Å². The lowest BCUT2D eigenvalue weighted by Gasteiger charge is -2.03. The summed E-state index contributed by atoms with van der Waals surface area (Å²) in [4.78, 5) is 4.86. The van der Waals surface area contributed by atoms with Gasteiger partial charge in [0.15, 0.2) is 0 Å². The van der Waals surface area contributed by atoms with Crippen molar-refractivity contribution in [1.82, 2.24) is 4.98 Å². The van der Waals surface area contributed by atoms with Crippen molar-refractivity contribution < 1.29 is 0 Å². The molecule has 0 aliphatic rings. The molecular formula is C12H9N3S. The van der Waals surface area contributed by atoms with Crippen molar-refractivity contribution in [1.29, 1.82) is 5.26 Å². The fourth-order valence-electron chi connectivity index (χ4n) is 1.34. The molecule has 0 fully saturated rings. The van der Waals surface area contributed by atoms with Crippen LogP contribution in [0.2, 0.25) is 0 Å². The van der Waals surface area contributed by atoms with Gasteiger partial charge in [-0.25, -0.2) is 0 Å². The Morgan fingerprint density at radius 3 is 2.81 bits per heavy atom. The van der Waals surface area contributed by atoms with E-state index >= 15 is 0 Å². The second kappa shape index (κ2) is 4.60. The number of allylic oxidation sites excluding steroid dienone is 1. The highest BCUT2D eigenvalue weighted by atomic mass is 32.1. The highest BCUT2D eigenvalue weighted by Crippen LogP contribution is 2.25. The smallest absolute Gasteiger partial charge is 0.103 e. The summed E-state index contributed by atoms with van der Waals surface area (Å²) in [5, 5.41) is 11.0. The van der Waals surface area contributed by atoms with Crippen LogP contribution >= 0.6 is 11.3 Å². The first-order valence-electron chi connectivity index (χ1n) is 4.67. The molecule has 0 aliphatic heterocycles. The van der Waals surface area contributed by atoms with Gasteiger partial charge in [0.05, 0.1) is 11.3 Å². The molecule has 0 atom stereocenters. The Morgan fingerprint density at radius 2 is 2.25 bits per heavy atom. The zero-order valence-corrected chi connectivity index (χ0v) is 9.24. The number of hydrogen-bond acceptors (Lipinski definition) is 4. The molecule has 0 aliphatic carbocycles. The van der Waals surface area contributed by atoms with Gasteiger partial charge < -0.3 is 5.73 Å². The van der Waals surface area contributed by atoms with E-state index < -0.39 is 0 Å². The summed E-state index contributed by atoms with van der Waals surface area (Å²) in [6.45, 7) is 0. The molecule has 0 amide bonds. The third-order valence-corrected chi connectivity index (χ3v) is 3.01. The molecule has 4 heteroatoms. The van der Waals surface area contributed by atoms with Crippen molar-refractivity contribution in [2.24, 2.45) is 5.73 Å². The highest BCUT2D eigenvalue weighted by molar-refractivity contribution is 7.11. The van der Waals surface area contributed by atoms with Gasteiger partial charge in [0.1, 0.15) is 6.07 Å². The minimum Gasteiger partial charge on any atom is -0.397 e. The first-order valence-corrected chi connectivity index (χ1v) is 5.55. The molecule has 2 N–H and O–H groups in total. The SMILES string of the molecule is N#C/C(=C(/N)c1cccnc1)c1cccs1. The summed E-state index contributed by atoms with van der Waals surface area (Å²) in [6, 6.07) is 9.56. The number of nitrogens with two attached hydrogens (primary N) is 1. The van der Waals surface area contributed by atoms with E-state index in [0.717, 1.165) is 10.4 Å². The second-order valence-corrected chi connectivity index (χ2v) is 4.07. The Bertz CT molecular complexity index is 535. The summed E-state index contributed by atoms with van der Waals surface area (Å²) < 4.78 is 0. The maximum Gasteiger partial charge on any atom is 0.103 e. The van der Waals surface area contributed by atoms with Crippen molar-refractivity contribution in [3.8, 4) is 6.07 Å². The predicted molar refractivity (Wildman–Crippen MR) is 65.2 cm³/mol. The number of nitrogens with zero attached hydrogens (tertiary/aromatic N) is 2. The zero-order valence-electron chi connectivity index (χ0n) is 8.42.